The molecule has 1 aromatic heterocycles. The summed E-state index contributed by atoms with van der Waals surface area (Å²) >= 11 is 1.65. The second kappa shape index (κ2) is 10.0. The molecule has 2 N–H and O–H groups in total. The molecule has 1 aromatic carbocycles. The van der Waals surface area contributed by atoms with Gasteiger partial charge in [0.15, 0.2) is 11.1 Å². The third-order valence-corrected chi connectivity index (χ3v) is 5.06. The van der Waals surface area contributed by atoms with Gasteiger partial charge in [-0.05, 0) is 31.5 Å². The molecule has 1 heterocycles. The highest BCUT2D eigenvalue weighted by atomic mass is 32.1. The fourth-order valence-corrected chi connectivity index (χ4v) is 3.34. The number of likely N-dealkylation sites (N-methyl/N-ethyl adjacent to an activating group) is 1. The summed E-state index contributed by atoms with van der Waals surface area (Å²) in [5, 5.41) is 9.80. The van der Waals surface area contributed by atoms with Gasteiger partial charge in [-0.3, -0.25) is 4.99 Å². The lowest BCUT2D eigenvalue weighted by Gasteiger charge is -2.24. The molecule has 0 bridgehead atoms. The van der Waals surface area contributed by atoms with Crippen LogP contribution in [-0.2, 0) is 6.54 Å². The fraction of sp³-hybridized carbons (Fsp3) is 0.474. The van der Waals surface area contributed by atoms with E-state index in [0.717, 1.165) is 36.4 Å². The summed E-state index contributed by atoms with van der Waals surface area (Å²) in [6.45, 7) is 7.69. The minimum Gasteiger partial charge on any atom is -0.370 e. The van der Waals surface area contributed by atoms with Crippen molar-refractivity contribution in [1.29, 1.82) is 0 Å². The van der Waals surface area contributed by atoms with Crippen molar-refractivity contribution in [2.45, 2.75) is 20.4 Å². The van der Waals surface area contributed by atoms with E-state index in [9.17, 15) is 0 Å². The van der Waals surface area contributed by atoms with E-state index in [1.54, 1.807) is 18.4 Å². The van der Waals surface area contributed by atoms with Gasteiger partial charge < -0.3 is 20.4 Å². The standard InChI is InChI=1S/C19H30N6S/c1-6-25(17-9-7-8-15(2)12-17)11-10-21-18(20-3)22-13-16-14-26-19(23-16)24(4)5/h7-9,12,14H,6,10-11,13H2,1-5H3,(H2,20,21,22). The van der Waals surface area contributed by atoms with Crippen LogP contribution in [0.4, 0.5) is 10.8 Å². The Labute approximate surface area is 161 Å². The Balaban J connectivity index is 1.80. The molecule has 7 heteroatoms. The first-order valence-electron chi connectivity index (χ1n) is 8.91. The topological polar surface area (TPSA) is 55.8 Å². The predicted molar refractivity (Wildman–Crippen MR) is 114 cm³/mol. The molecular formula is C19H30N6S. The summed E-state index contributed by atoms with van der Waals surface area (Å²) in [5.41, 5.74) is 3.57. The van der Waals surface area contributed by atoms with Crippen molar-refractivity contribution >= 4 is 28.1 Å². The molecule has 2 rings (SSSR count). The van der Waals surface area contributed by atoms with Crippen molar-refractivity contribution in [2.75, 3.05) is 50.6 Å². The normalized spacial score (nSPS) is 11.3. The summed E-state index contributed by atoms with van der Waals surface area (Å²) in [6, 6.07) is 8.62. The van der Waals surface area contributed by atoms with Crippen LogP contribution in [-0.4, -0.2) is 51.7 Å². The van der Waals surface area contributed by atoms with Crippen LogP contribution in [0, 0.1) is 6.92 Å². The molecule has 26 heavy (non-hydrogen) atoms. The Morgan fingerprint density at radius 3 is 2.69 bits per heavy atom. The molecule has 0 amide bonds. The Kier molecular flexibility index (Phi) is 7.72. The number of hydrogen-bond acceptors (Lipinski definition) is 5. The maximum atomic E-state index is 4.58. The van der Waals surface area contributed by atoms with E-state index in [1.807, 2.05) is 19.0 Å². The number of nitrogens with zero attached hydrogens (tertiary/aromatic N) is 4. The van der Waals surface area contributed by atoms with Crippen LogP contribution in [0.5, 0.6) is 0 Å². The van der Waals surface area contributed by atoms with E-state index in [-0.39, 0.29) is 0 Å². The summed E-state index contributed by atoms with van der Waals surface area (Å²) in [7, 11) is 5.80. The van der Waals surface area contributed by atoms with Crippen molar-refractivity contribution in [3.63, 3.8) is 0 Å². The van der Waals surface area contributed by atoms with Gasteiger partial charge in [0.1, 0.15) is 0 Å². The summed E-state index contributed by atoms with van der Waals surface area (Å²) < 4.78 is 0. The van der Waals surface area contributed by atoms with Crippen molar-refractivity contribution in [3.8, 4) is 0 Å². The lowest BCUT2D eigenvalue weighted by molar-refractivity contribution is 0.747. The first-order chi connectivity index (χ1) is 12.5. The van der Waals surface area contributed by atoms with Crippen molar-refractivity contribution in [1.82, 2.24) is 15.6 Å². The molecule has 0 radical (unpaired) electrons. The van der Waals surface area contributed by atoms with Crippen molar-refractivity contribution < 1.29 is 0 Å². The van der Waals surface area contributed by atoms with E-state index in [0.29, 0.717) is 6.54 Å². The maximum absolute atomic E-state index is 4.58. The lowest BCUT2D eigenvalue weighted by Crippen LogP contribution is -2.41. The fourth-order valence-electron chi connectivity index (χ4n) is 2.58. The molecule has 2 aromatic rings. The number of benzene rings is 1. The Bertz CT molecular complexity index is 710. The van der Waals surface area contributed by atoms with Gasteiger partial charge in [0.25, 0.3) is 0 Å². The minimum atomic E-state index is 0.666. The van der Waals surface area contributed by atoms with Crippen LogP contribution in [0.1, 0.15) is 18.2 Å². The summed E-state index contributed by atoms with van der Waals surface area (Å²) in [4.78, 5) is 13.3. The minimum absolute atomic E-state index is 0.666. The zero-order chi connectivity index (χ0) is 18.9. The van der Waals surface area contributed by atoms with E-state index in [1.165, 1.54) is 11.3 Å². The number of aryl methyl sites for hydroxylation is 1. The van der Waals surface area contributed by atoms with Crippen molar-refractivity contribution in [2.24, 2.45) is 4.99 Å². The highest BCUT2D eigenvalue weighted by Gasteiger charge is 2.07. The van der Waals surface area contributed by atoms with E-state index in [2.05, 4.69) is 69.0 Å². The van der Waals surface area contributed by atoms with Crippen LogP contribution in [0.15, 0.2) is 34.6 Å². The first-order valence-corrected chi connectivity index (χ1v) is 9.79. The second-order valence-electron chi connectivity index (χ2n) is 6.29. The summed E-state index contributed by atoms with van der Waals surface area (Å²) in [5.74, 6) is 0.796. The molecule has 6 nitrogen and oxygen atoms in total. The number of hydrogen-bond donors (Lipinski definition) is 2. The predicted octanol–water partition coefficient (Wildman–Crippen LogP) is 2.71. The zero-order valence-corrected chi connectivity index (χ0v) is 17.2. The third kappa shape index (κ3) is 5.91. The molecule has 0 aliphatic rings. The average molecular weight is 375 g/mol. The third-order valence-electron chi connectivity index (χ3n) is 4.01. The molecule has 0 unspecified atom stereocenters. The number of thiazole rings is 1. The van der Waals surface area contributed by atoms with E-state index >= 15 is 0 Å². The first kappa shape index (κ1) is 20.0. The Morgan fingerprint density at radius 2 is 2.08 bits per heavy atom. The number of aliphatic imine (C=N–C) groups is 1. The number of rotatable bonds is 8. The summed E-state index contributed by atoms with van der Waals surface area (Å²) in [6.07, 6.45) is 0. The molecule has 0 saturated heterocycles. The Hall–Kier alpha value is -2.28. The Morgan fingerprint density at radius 1 is 1.27 bits per heavy atom. The zero-order valence-electron chi connectivity index (χ0n) is 16.4. The van der Waals surface area contributed by atoms with Gasteiger partial charge in [0.05, 0.1) is 12.2 Å². The molecule has 0 saturated carbocycles. The van der Waals surface area contributed by atoms with Gasteiger partial charge in [-0.15, -0.1) is 11.3 Å². The molecular weight excluding hydrogens is 344 g/mol. The lowest BCUT2D eigenvalue weighted by atomic mass is 10.2. The largest absolute Gasteiger partial charge is 0.370 e. The average Bonchev–Trinajstić information content (AvgIpc) is 3.10. The van der Waals surface area contributed by atoms with Crippen LogP contribution < -0.4 is 20.4 Å². The van der Waals surface area contributed by atoms with Gasteiger partial charge in [-0.25, -0.2) is 4.98 Å². The number of guanidine groups is 1. The number of anilines is 2. The maximum Gasteiger partial charge on any atom is 0.191 e. The smallest absolute Gasteiger partial charge is 0.191 e. The SMILES string of the molecule is CCN(CCNC(=NC)NCc1csc(N(C)C)n1)c1cccc(C)c1. The van der Waals surface area contributed by atoms with Gasteiger partial charge in [0, 0.05) is 51.8 Å². The van der Waals surface area contributed by atoms with Crippen LogP contribution in [0.25, 0.3) is 0 Å². The highest BCUT2D eigenvalue weighted by molar-refractivity contribution is 7.13. The van der Waals surface area contributed by atoms with E-state index in [4.69, 9.17) is 0 Å². The molecule has 0 spiro atoms. The molecule has 0 aliphatic heterocycles. The quantitative estimate of drug-likeness (QED) is 0.550. The van der Waals surface area contributed by atoms with Crippen LogP contribution >= 0.6 is 11.3 Å². The molecule has 142 valence electrons. The monoisotopic (exact) mass is 374 g/mol. The van der Waals surface area contributed by atoms with Crippen LogP contribution in [0.2, 0.25) is 0 Å². The second-order valence-corrected chi connectivity index (χ2v) is 7.12. The van der Waals surface area contributed by atoms with Gasteiger partial charge >= 0.3 is 0 Å². The van der Waals surface area contributed by atoms with Gasteiger partial charge in [-0.2, -0.15) is 0 Å². The molecule has 0 fully saturated rings. The van der Waals surface area contributed by atoms with E-state index < -0.39 is 0 Å². The number of nitrogens with one attached hydrogen (secondary N) is 2. The molecule has 0 aliphatic carbocycles. The van der Waals surface area contributed by atoms with Crippen molar-refractivity contribution in [3.05, 3.63) is 40.9 Å². The number of aromatic nitrogens is 1. The van der Waals surface area contributed by atoms with Gasteiger partial charge in [-0.1, -0.05) is 12.1 Å². The van der Waals surface area contributed by atoms with Crippen LogP contribution in [0.3, 0.4) is 0 Å². The molecule has 0 atom stereocenters. The van der Waals surface area contributed by atoms with Gasteiger partial charge in [0.2, 0.25) is 0 Å². The highest BCUT2D eigenvalue weighted by Crippen LogP contribution is 2.17.